The van der Waals surface area contributed by atoms with Crippen LogP contribution in [0.5, 0.6) is 0 Å². The Morgan fingerprint density at radius 1 is 0.862 bits per heavy atom. The van der Waals surface area contributed by atoms with E-state index in [1.807, 2.05) is 54.6 Å². The summed E-state index contributed by atoms with van der Waals surface area (Å²) in [6, 6.07) is 25.7. The molecule has 4 rings (SSSR count). The van der Waals surface area contributed by atoms with Crippen molar-refractivity contribution < 1.29 is 14.3 Å². The number of benzene rings is 4. The zero-order chi connectivity index (χ0) is 20.4. The summed E-state index contributed by atoms with van der Waals surface area (Å²) in [4.78, 5) is 25.5. The molecule has 4 nitrogen and oxygen atoms in total. The summed E-state index contributed by atoms with van der Waals surface area (Å²) >= 11 is 0. The molecule has 0 aromatic heterocycles. The van der Waals surface area contributed by atoms with E-state index in [0.29, 0.717) is 16.8 Å². The number of hydrogen-bond acceptors (Lipinski definition) is 3. The van der Waals surface area contributed by atoms with E-state index in [2.05, 4.69) is 11.4 Å². The lowest BCUT2D eigenvalue weighted by Gasteiger charge is -2.14. The van der Waals surface area contributed by atoms with Crippen molar-refractivity contribution in [2.24, 2.45) is 0 Å². The summed E-state index contributed by atoms with van der Waals surface area (Å²) in [6.45, 7) is 3.59. The van der Waals surface area contributed by atoms with E-state index < -0.39 is 5.97 Å². The molecule has 143 valence electrons. The Labute approximate surface area is 169 Å². The zero-order valence-electron chi connectivity index (χ0n) is 16.2. The van der Waals surface area contributed by atoms with E-state index in [4.69, 9.17) is 4.74 Å². The van der Waals surface area contributed by atoms with Gasteiger partial charge in [0.05, 0.1) is 17.4 Å². The van der Waals surface area contributed by atoms with Gasteiger partial charge in [0.1, 0.15) is 0 Å². The van der Waals surface area contributed by atoms with Crippen molar-refractivity contribution >= 4 is 39.1 Å². The number of carbonyl (C=O) groups is 2. The third-order valence-electron chi connectivity index (χ3n) is 4.60. The SMILES string of the molecule is CC(C)OC(=O)c1cc2ccccc2cc1NC(=O)c1[c]c2ccccc2cc1. The van der Waals surface area contributed by atoms with Crippen molar-refractivity contribution in [1.82, 2.24) is 0 Å². The lowest BCUT2D eigenvalue weighted by molar-refractivity contribution is 0.0379. The van der Waals surface area contributed by atoms with Crippen LogP contribution in [0, 0.1) is 6.07 Å². The van der Waals surface area contributed by atoms with E-state index in [1.165, 1.54) is 0 Å². The van der Waals surface area contributed by atoms with Gasteiger partial charge in [-0.3, -0.25) is 4.79 Å². The molecule has 1 radical (unpaired) electrons. The Balaban J connectivity index is 1.72. The van der Waals surface area contributed by atoms with E-state index in [0.717, 1.165) is 21.5 Å². The Bertz CT molecular complexity index is 1230. The first-order chi connectivity index (χ1) is 14.0. The third-order valence-corrected chi connectivity index (χ3v) is 4.60. The van der Waals surface area contributed by atoms with Crippen LogP contribution in [-0.2, 0) is 4.74 Å². The molecule has 0 saturated carbocycles. The fourth-order valence-corrected chi connectivity index (χ4v) is 3.23. The topological polar surface area (TPSA) is 55.4 Å². The van der Waals surface area contributed by atoms with Crippen molar-refractivity contribution in [3.63, 3.8) is 0 Å². The van der Waals surface area contributed by atoms with Crippen LogP contribution in [0.1, 0.15) is 34.6 Å². The van der Waals surface area contributed by atoms with Gasteiger partial charge in [0, 0.05) is 11.6 Å². The minimum Gasteiger partial charge on any atom is -0.459 e. The Kier molecular flexibility index (Phi) is 5.00. The summed E-state index contributed by atoms with van der Waals surface area (Å²) < 4.78 is 5.37. The number of rotatable bonds is 4. The minimum atomic E-state index is -0.469. The highest BCUT2D eigenvalue weighted by Crippen LogP contribution is 2.26. The molecule has 0 atom stereocenters. The first kappa shape index (κ1) is 18.7. The van der Waals surface area contributed by atoms with Crippen molar-refractivity contribution in [3.8, 4) is 0 Å². The molecule has 0 aliphatic carbocycles. The normalized spacial score (nSPS) is 11.0. The van der Waals surface area contributed by atoms with Crippen LogP contribution in [0.2, 0.25) is 0 Å². The van der Waals surface area contributed by atoms with Crippen molar-refractivity contribution in [2.75, 3.05) is 5.32 Å². The van der Waals surface area contributed by atoms with Gasteiger partial charge in [0.2, 0.25) is 0 Å². The third kappa shape index (κ3) is 3.97. The van der Waals surface area contributed by atoms with Crippen molar-refractivity contribution in [1.29, 1.82) is 0 Å². The van der Waals surface area contributed by atoms with Gasteiger partial charge in [-0.05, 0) is 53.6 Å². The molecule has 4 aromatic rings. The Morgan fingerprint density at radius 3 is 2.24 bits per heavy atom. The van der Waals surface area contributed by atoms with Gasteiger partial charge in [-0.25, -0.2) is 4.79 Å². The summed E-state index contributed by atoms with van der Waals surface area (Å²) in [5.41, 5.74) is 1.15. The molecule has 0 unspecified atom stereocenters. The van der Waals surface area contributed by atoms with E-state index >= 15 is 0 Å². The quantitative estimate of drug-likeness (QED) is 0.467. The molecule has 0 spiro atoms. The van der Waals surface area contributed by atoms with Crippen LogP contribution in [0.3, 0.4) is 0 Å². The van der Waals surface area contributed by atoms with Gasteiger partial charge in [-0.15, -0.1) is 0 Å². The lowest BCUT2D eigenvalue weighted by Crippen LogP contribution is -2.18. The largest absolute Gasteiger partial charge is 0.459 e. The summed E-state index contributed by atoms with van der Waals surface area (Å²) in [5, 5.41) is 6.56. The second-order valence-electron chi connectivity index (χ2n) is 7.11. The van der Waals surface area contributed by atoms with Crippen molar-refractivity contribution in [2.45, 2.75) is 20.0 Å². The fraction of sp³-hybridized carbons (Fsp3) is 0.120. The maximum absolute atomic E-state index is 12.9. The highest BCUT2D eigenvalue weighted by atomic mass is 16.5. The second-order valence-corrected chi connectivity index (χ2v) is 7.11. The van der Waals surface area contributed by atoms with Crippen LogP contribution in [-0.4, -0.2) is 18.0 Å². The van der Waals surface area contributed by atoms with Gasteiger partial charge < -0.3 is 10.1 Å². The highest BCUT2D eigenvalue weighted by molar-refractivity contribution is 6.11. The number of amides is 1. The second kappa shape index (κ2) is 7.76. The first-order valence-corrected chi connectivity index (χ1v) is 9.47. The number of fused-ring (bicyclic) bond motifs is 2. The first-order valence-electron chi connectivity index (χ1n) is 9.47. The summed E-state index contributed by atoms with van der Waals surface area (Å²) in [7, 11) is 0. The average molecular weight is 382 g/mol. The standard InChI is InChI=1S/C25H20NO3/c1-16(2)29-25(28)22-14-19-9-5-6-10-20(19)15-23(22)26-24(27)21-12-11-17-7-3-4-8-18(17)13-21/h3-12,14-16H,1-2H3,(H,26,27). The molecule has 0 saturated heterocycles. The van der Waals surface area contributed by atoms with Crippen LogP contribution < -0.4 is 5.32 Å². The number of ether oxygens (including phenoxy) is 1. The molecule has 4 aromatic carbocycles. The number of carbonyl (C=O) groups excluding carboxylic acids is 2. The smallest absolute Gasteiger partial charge is 0.340 e. The molecule has 1 N–H and O–H groups in total. The summed E-state index contributed by atoms with van der Waals surface area (Å²) in [6.07, 6.45) is -0.258. The van der Waals surface area contributed by atoms with Gasteiger partial charge in [0.15, 0.2) is 0 Å². The Morgan fingerprint density at radius 2 is 1.52 bits per heavy atom. The molecule has 4 heteroatoms. The number of hydrogen-bond donors (Lipinski definition) is 1. The average Bonchev–Trinajstić information content (AvgIpc) is 2.72. The zero-order valence-corrected chi connectivity index (χ0v) is 16.2. The molecule has 0 fully saturated rings. The monoisotopic (exact) mass is 382 g/mol. The van der Waals surface area contributed by atoms with Gasteiger partial charge in [-0.1, -0.05) is 54.6 Å². The van der Waals surface area contributed by atoms with Crippen molar-refractivity contribution in [3.05, 3.63) is 90.0 Å². The van der Waals surface area contributed by atoms with Crippen LogP contribution in [0.15, 0.2) is 72.8 Å². The number of anilines is 1. The molecular formula is C25H20NO3. The van der Waals surface area contributed by atoms with E-state index in [9.17, 15) is 9.59 Å². The van der Waals surface area contributed by atoms with E-state index in [1.54, 1.807) is 32.0 Å². The van der Waals surface area contributed by atoms with Gasteiger partial charge in [-0.2, -0.15) is 0 Å². The number of nitrogens with one attached hydrogen (secondary N) is 1. The molecule has 0 bridgehead atoms. The molecular weight excluding hydrogens is 362 g/mol. The molecule has 0 heterocycles. The van der Waals surface area contributed by atoms with Crippen LogP contribution >= 0.6 is 0 Å². The van der Waals surface area contributed by atoms with E-state index in [-0.39, 0.29) is 12.0 Å². The molecule has 1 amide bonds. The van der Waals surface area contributed by atoms with Gasteiger partial charge in [0.25, 0.3) is 5.91 Å². The number of esters is 1. The Hall–Kier alpha value is -3.66. The summed E-state index contributed by atoms with van der Waals surface area (Å²) in [5.74, 6) is -0.798. The lowest BCUT2D eigenvalue weighted by atomic mass is 10.0. The fourth-order valence-electron chi connectivity index (χ4n) is 3.23. The predicted octanol–water partition coefficient (Wildman–Crippen LogP) is 5.61. The molecule has 29 heavy (non-hydrogen) atoms. The molecule has 0 aliphatic rings. The highest BCUT2D eigenvalue weighted by Gasteiger charge is 2.18. The maximum atomic E-state index is 12.9. The molecule has 0 aliphatic heterocycles. The minimum absolute atomic E-state index is 0.258. The van der Waals surface area contributed by atoms with Crippen LogP contribution in [0.4, 0.5) is 5.69 Å². The van der Waals surface area contributed by atoms with Gasteiger partial charge >= 0.3 is 5.97 Å². The predicted molar refractivity (Wildman–Crippen MR) is 115 cm³/mol. The van der Waals surface area contributed by atoms with Crippen LogP contribution in [0.25, 0.3) is 21.5 Å². The maximum Gasteiger partial charge on any atom is 0.340 e.